The second-order valence-corrected chi connectivity index (χ2v) is 3.07. The molecule has 0 spiro atoms. The van der Waals surface area contributed by atoms with Crippen LogP contribution in [-0.2, 0) is 0 Å². The number of nitrogens with one attached hydrogen (secondary N) is 1. The molecule has 6 nitrogen and oxygen atoms in total. The van der Waals surface area contributed by atoms with E-state index in [0.717, 1.165) is 17.9 Å². The van der Waals surface area contributed by atoms with Gasteiger partial charge in [0.25, 0.3) is 0 Å². The zero-order valence-electron chi connectivity index (χ0n) is 8.68. The minimum Gasteiger partial charge on any atom is -0.354 e. The fourth-order valence-corrected chi connectivity index (χ4v) is 1.23. The average molecular weight is 204 g/mol. The monoisotopic (exact) mass is 204 g/mol. The standard InChI is InChI=1S/C9H12N6/c1-3-11-9-12-4-7(2)8(14-9)15-6-10-5-13-15/h4-6H,3H2,1-2H3,(H,11,12,14). The molecule has 0 fully saturated rings. The van der Waals surface area contributed by atoms with E-state index in [1.165, 1.54) is 6.33 Å². The van der Waals surface area contributed by atoms with Gasteiger partial charge in [-0.15, -0.1) is 0 Å². The second-order valence-electron chi connectivity index (χ2n) is 3.07. The van der Waals surface area contributed by atoms with Gasteiger partial charge in [-0.1, -0.05) is 0 Å². The normalized spacial score (nSPS) is 10.3. The van der Waals surface area contributed by atoms with E-state index in [1.54, 1.807) is 17.2 Å². The summed E-state index contributed by atoms with van der Waals surface area (Å²) in [5.74, 6) is 1.35. The van der Waals surface area contributed by atoms with Crippen molar-refractivity contribution in [2.45, 2.75) is 13.8 Å². The number of rotatable bonds is 3. The Kier molecular flexibility index (Phi) is 2.57. The van der Waals surface area contributed by atoms with Crippen molar-refractivity contribution in [3.63, 3.8) is 0 Å². The van der Waals surface area contributed by atoms with E-state index in [0.29, 0.717) is 5.95 Å². The summed E-state index contributed by atoms with van der Waals surface area (Å²) >= 11 is 0. The zero-order chi connectivity index (χ0) is 10.7. The highest BCUT2D eigenvalue weighted by molar-refractivity contribution is 5.36. The highest BCUT2D eigenvalue weighted by Gasteiger charge is 2.05. The summed E-state index contributed by atoms with van der Waals surface area (Å²) < 4.78 is 1.62. The Bertz CT molecular complexity index is 436. The maximum atomic E-state index is 4.34. The predicted molar refractivity (Wildman–Crippen MR) is 55.8 cm³/mol. The van der Waals surface area contributed by atoms with Crippen LogP contribution in [0.5, 0.6) is 0 Å². The predicted octanol–water partition coefficient (Wildman–Crippen LogP) is 0.798. The van der Waals surface area contributed by atoms with Crippen LogP contribution in [0, 0.1) is 6.92 Å². The molecule has 15 heavy (non-hydrogen) atoms. The number of hydrogen-bond donors (Lipinski definition) is 1. The lowest BCUT2D eigenvalue weighted by Crippen LogP contribution is -2.07. The van der Waals surface area contributed by atoms with Gasteiger partial charge in [0.2, 0.25) is 5.95 Å². The molecule has 0 atom stereocenters. The molecule has 0 aromatic carbocycles. The van der Waals surface area contributed by atoms with Gasteiger partial charge in [0.05, 0.1) is 0 Å². The summed E-state index contributed by atoms with van der Waals surface area (Å²) in [5.41, 5.74) is 0.960. The summed E-state index contributed by atoms with van der Waals surface area (Å²) in [6, 6.07) is 0. The molecular weight excluding hydrogens is 192 g/mol. The Labute approximate surface area is 87.4 Å². The molecule has 0 aliphatic heterocycles. The molecule has 1 N–H and O–H groups in total. The van der Waals surface area contributed by atoms with E-state index >= 15 is 0 Å². The largest absolute Gasteiger partial charge is 0.354 e. The minimum atomic E-state index is 0.605. The third-order valence-electron chi connectivity index (χ3n) is 1.92. The molecule has 2 aromatic rings. The smallest absolute Gasteiger partial charge is 0.224 e. The summed E-state index contributed by atoms with van der Waals surface area (Å²) in [7, 11) is 0. The molecule has 6 heteroatoms. The van der Waals surface area contributed by atoms with Crippen LogP contribution in [0.15, 0.2) is 18.9 Å². The van der Waals surface area contributed by atoms with Crippen molar-refractivity contribution in [2.24, 2.45) is 0 Å². The van der Waals surface area contributed by atoms with Crippen molar-refractivity contribution < 1.29 is 0 Å². The Morgan fingerprint density at radius 1 is 1.47 bits per heavy atom. The molecule has 0 radical (unpaired) electrons. The van der Waals surface area contributed by atoms with Crippen molar-refractivity contribution in [2.75, 3.05) is 11.9 Å². The fourth-order valence-electron chi connectivity index (χ4n) is 1.23. The average Bonchev–Trinajstić information content (AvgIpc) is 2.74. The van der Waals surface area contributed by atoms with E-state index in [4.69, 9.17) is 0 Å². The van der Waals surface area contributed by atoms with Gasteiger partial charge < -0.3 is 5.32 Å². The van der Waals surface area contributed by atoms with Crippen LogP contribution in [0.1, 0.15) is 12.5 Å². The first-order chi connectivity index (χ1) is 7.31. The lowest BCUT2D eigenvalue weighted by atomic mass is 10.3. The van der Waals surface area contributed by atoms with E-state index < -0.39 is 0 Å². The Morgan fingerprint density at radius 2 is 2.33 bits per heavy atom. The third kappa shape index (κ3) is 1.93. The number of hydrogen-bond acceptors (Lipinski definition) is 5. The van der Waals surface area contributed by atoms with Gasteiger partial charge in [0.1, 0.15) is 12.7 Å². The molecule has 0 saturated heterocycles. The van der Waals surface area contributed by atoms with Crippen molar-refractivity contribution in [3.05, 3.63) is 24.4 Å². The molecule has 0 aliphatic rings. The zero-order valence-corrected chi connectivity index (χ0v) is 8.68. The van der Waals surface area contributed by atoms with Crippen molar-refractivity contribution >= 4 is 5.95 Å². The summed E-state index contributed by atoms with van der Waals surface area (Å²) in [5, 5.41) is 7.09. The highest BCUT2D eigenvalue weighted by Crippen LogP contribution is 2.10. The summed E-state index contributed by atoms with van der Waals surface area (Å²) in [6.45, 7) is 4.73. The molecule has 2 rings (SSSR count). The first-order valence-corrected chi connectivity index (χ1v) is 4.73. The van der Waals surface area contributed by atoms with Crippen LogP contribution in [0.25, 0.3) is 5.82 Å². The summed E-state index contributed by atoms with van der Waals surface area (Å²) in [4.78, 5) is 12.4. The highest BCUT2D eigenvalue weighted by atomic mass is 15.4. The first-order valence-electron chi connectivity index (χ1n) is 4.73. The minimum absolute atomic E-state index is 0.605. The first kappa shape index (κ1) is 9.57. The molecule has 0 aliphatic carbocycles. The molecule has 78 valence electrons. The topological polar surface area (TPSA) is 68.5 Å². The number of aryl methyl sites for hydroxylation is 1. The van der Waals surface area contributed by atoms with Crippen LogP contribution in [0.2, 0.25) is 0 Å². The van der Waals surface area contributed by atoms with Crippen LogP contribution in [0.4, 0.5) is 5.95 Å². The maximum absolute atomic E-state index is 4.34. The second kappa shape index (κ2) is 4.04. The van der Waals surface area contributed by atoms with Gasteiger partial charge in [-0.3, -0.25) is 0 Å². The van der Waals surface area contributed by atoms with Gasteiger partial charge in [-0.05, 0) is 13.8 Å². The Hall–Kier alpha value is -1.98. The third-order valence-corrected chi connectivity index (χ3v) is 1.92. The fraction of sp³-hybridized carbons (Fsp3) is 0.333. The van der Waals surface area contributed by atoms with Gasteiger partial charge in [-0.25, -0.2) is 14.6 Å². The van der Waals surface area contributed by atoms with Gasteiger partial charge in [0.15, 0.2) is 5.82 Å². The molecule has 0 saturated carbocycles. The van der Waals surface area contributed by atoms with Crippen LogP contribution in [0.3, 0.4) is 0 Å². The molecule has 0 amide bonds. The van der Waals surface area contributed by atoms with Crippen molar-refractivity contribution in [1.29, 1.82) is 0 Å². The SMILES string of the molecule is CCNc1ncc(C)c(-n2cncn2)n1. The quantitative estimate of drug-likeness (QED) is 0.800. The number of nitrogens with zero attached hydrogens (tertiary/aromatic N) is 5. The van der Waals surface area contributed by atoms with Gasteiger partial charge in [0, 0.05) is 18.3 Å². The lowest BCUT2D eigenvalue weighted by molar-refractivity contribution is 0.827. The Morgan fingerprint density at radius 3 is 3.00 bits per heavy atom. The van der Waals surface area contributed by atoms with E-state index in [2.05, 4.69) is 25.4 Å². The van der Waals surface area contributed by atoms with Crippen LogP contribution >= 0.6 is 0 Å². The van der Waals surface area contributed by atoms with Crippen molar-refractivity contribution in [3.8, 4) is 5.82 Å². The number of aromatic nitrogens is 5. The van der Waals surface area contributed by atoms with Crippen molar-refractivity contribution in [1.82, 2.24) is 24.7 Å². The van der Waals surface area contributed by atoms with E-state index in [9.17, 15) is 0 Å². The summed E-state index contributed by atoms with van der Waals surface area (Å²) in [6.07, 6.45) is 4.86. The lowest BCUT2D eigenvalue weighted by Gasteiger charge is -2.06. The molecular formula is C9H12N6. The van der Waals surface area contributed by atoms with E-state index in [1.807, 2.05) is 13.8 Å². The maximum Gasteiger partial charge on any atom is 0.224 e. The Balaban J connectivity index is 2.41. The molecule has 0 unspecified atom stereocenters. The van der Waals surface area contributed by atoms with Gasteiger partial charge in [-0.2, -0.15) is 10.1 Å². The van der Waals surface area contributed by atoms with E-state index in [-0.39, 0.29) is 0 Å². The molecule has 0 bridgehead atoms. The van der Waals surface area contributed by atoms with Crippen LogP contribution < -0.4 is 5.32 Å². The number of anilines is 1. The van der Waals surface area contributed by atoms with Gasteiger partial charge >= 0.3 is 0 Å². The molecule has 2 aromatic heterocycles. The van der Waals surface area contributed by atoms with Crippen LogP contribution in [-0.4, -0.2) is 31.3 Å². The molecule has 2 heterocycles.